The molecule has 0 N–H and O–H groups in total. The second-order valence-electron chi connectivity index (χ2n) is 8.58. The highest BCUT2D eigenvalue weighted by molar-refractivity contribution is 7.22. The Morgan fingerprint density at radius 2 is 1.89 bits per heavy atom. The molecule has 0 bridgehead atoms. The van der Waals surface area contributed by atoms with Crippen molar-refractivity contribution >= 4 is 44.0 Å². The number of rotatable bonds is 9. The van der Waals surface area contributed by atoms with Crippen LogP contribution in [0.1, 0.15) is 43.5 Å². The van der Waals surface area contributed by atoms with Gasteiger partial charge in [0.15, 0.2) is 5.13 Å². The first-order chi connectivity index (χ1) is 16.9. The quantitative estimate of drug-likeness (QED) is 0.293. The smallest absolute Gasteiger partial charge is 0.293 e. The molecule has 1 amide bonds. The number of amides is 1. The van der Waals surface area contributed by atoms with E-state index < -0.39 is 10.7 Å². The lowest BCUT2D eigenvalue weighted by Crippen LogP contribution is -2.39. The van der Waals surface area contributed by atoms with E-state index >= 15 is 0 Å². The summed E-state index contributed by atoms with van der Waals surface area (Å²) < 4.78 is 15.0. The summed E-state index contributed by atoms with van der Waals surface area (Å²) in [5, 5.41) is 12.3. The molecular formula is C25H30FN5O3S. The van der Waals surface area contributed by atoms with Crippen LogP contribution in [-0.2, 0) is 0 Å². The SMILES string of the molecule is CCN(CC)CCN(C(=O)c1ccc(N2CCCCC2)c([N+](=O)[O-])c1)c1nc2c(F)cccc2s1. The zero-order chi connectivity index (χ0) is 24.9. The number of aromatic nitrogens is 1. The number of nitro benzene ring substituents is 1. The lowest BCUT2D eigenvalue weighted by Gasteiger charge is -2.28. The van der Waals surface area contributed by atoms with E-state index in [1.54, 1.807) is 24.3 Å². The third kappa shape index (κ3) is 5.43. The Labute approximate surface area is 208 Å². The number of carbonyl (C=O) groups excluding carboxylic acids is 1. The average molecular weight is 500 g/mol. The van der Waals surface area contributed by atoms with Crippen LogP contribution in [0, 0.1) is 15.9 Å². The average Bonchev–Trinajstić information content (AvgIpc) is 3.32. The van der Waals surface area contributed by atoms with Gasteiger partial charge in [-0.25, -0.2) is 9.37 Å². The van der Waals surface area contributed by atoms with Crippen LogP contribution in [0.25, 0.3) is 10.2 Å². The fourth-order valence-electron chi connectivity index (χ4n) is 4.44. The third-order valence-electron chi connectivity index (χ3n) is 6.48. The van der Waals surface area contributed by atoms with Crippen LogP contribution in [0.5, 0.6) is 0 Å². The van der Waals surface area contributed by atoms with Gasteiger partial charge in [0.25, 0.3) is 11.6 Å². The van der Waals surface area contributed by atoms with E-state index in [9.17, 15) is 19.3 Å². The molecule has 0 atom stereocenters. The van der Waals surface area contributed by atoms with Gasteiger partial charge in [-0.05, 0) is 56.6 Å². The maximum absolute atomic E-state index is 14.3. The molecule has 1 fully saturated rings. The Balaban J connectivity index is 1.70. The number of thiazole rings is 1. The number of benzene rings is 2. The largest absolute Gasteiger partial charge is 0.366 e. The molecule has 0 spiro atoms. The molecule has 2 heterocycles. The fraction of sp³-hybridized carbons (Fsp3) is 0.440. The molecule has 8 nitrogen and oxygen atoms in total. The number of hydrogen-bond donors (Lipinski definition) is 0. The maximum Gasteiger partial charge on any atom is 0.293 e. The third-order valence-corrected chi connectivity index (χ3v) is 7.53. The maximum atomic E-state index is 14.3. The molecule has 0 radical (unpaired) electrons. The Kier molecular flexibility index (Phi) is 7.92. The number of piperidine rings is 1. The highest BCUT2D eigenvalue weighted by Gasteiger charge is 2.27. The summed E-state index contributed by atoms with van der Waals surface area (Å²) in [5.74, 6) is -0.826. The number of halogens is 1. The highest BCUT2D eigenvalue weighted by Crippen LogP contribution is 2.34. The summed E-state index contributed by atoms with van der Waals surface area (Å²) in [6.07, 6.45) is 3.10. The first-order valence-electron chi connectivity index (χ1n) is 12.1. The zero-order valence-electron chi connectivity index (χ0n) is 20.1. The van der Waals surface area contributed by atoms with E-state index in [1.807, 2.05) is 18.7 Å². The van der Waals surface area contributed by atoms with Crippen LogP contribution in [0.15, 0.2) is 36.4 Å². The van der Waals surface area contributed by atoms with Crippen molar-refractivity contribution in [2.45, 2.75) is 33.1 Å². The molecule has 1 aromatic heterocycles. The van der Waals surface area contributed by atoms with Crippen molar-refractivity contribution in [1.82, 2.24) is 9.88 Å². The molecule has 2 aromatic carbocycles. The van der Waals surface area contributed by atoms with Gasteiger partial charge in [0.1, 0.15) is 17.0 Å². The van der Waals surface area contributed by atoms with Gasteiger partial charge in [-0.2, -0.15) is 0 Å². The first-order valence-corrected chi connectivity index (χ1v) is 12.9. The molecule has 0 unspecified atom stereocenters. The Hall–Kier alpha value is -3.11. The topological polar surface area (TPSA) is 82.8 Å². The summed E-state index contributed by atoms with van der Waals surface area (Å²) in [5.41, 5.74) is 0.913. The van der Waals surface area contributed by atoms with E-state index in [2.05, 4.69) is 9.88 Å². The molecule has 35 heavy (non-hydrogen) atoms. The van der Waals surface area contributed by atoms with Gasteiger partial charge >= 0.3 is 0 Å². The van der Waals surface area contributed by atoms with Gasteiger partial charge in [-0.3, -0.25) is 19.8 Å². The zero-order valence-corrected chi connectivity index (χ0v) is 20.9. The summed E-state index contributed by atoms with van der Waals surface area (Å²) in [6, 6.07) is 9.42. The molecule has 186 valence electrons. The number of para-hydroxylation sites is 1. The van der Waals surface area contributed by atoms with Gasteiger partial charge in [0.2, 0.25) is 0 Å². The Morgan fingerprint density at radius 3 is 2.54 bits per heavy atom. The monoisotopic (exact) mass is 499 g/mol. The van der Waals surface area contributed by atoms with Crippen molar-refractivity contribution < 1.29 is 14.1 Å². The molecule has 0 aliphatic carbocycles. The normalized spacial score (nSPS) is 14.0. The van der Waals surface area contributed by atoms with E-state index in [4.69, 9.17) is 0 Å². The van der Waals surface area contributed by atoms with Crippen molar-refractivity contribution in [1.29, 1.82) is 0 Å². The fourth-order valence-corrected chi connectivity index (χ4v) is 5.45. The van der Waals surface area contributed by atoms with E-state index in [1.165, 1.54) is 28.4 Å². The second kappa shape index (κ2) is 11.1. The summed E-state index contributed by atoms with van der Waals surface area (Å²) >= 11 is 1.24. The molecular weight excluding hydrogens is 469 g/mol. The van der Waals surface area contributed by atoms with E-state index in [0.717, 1.165) is 45.4 Å². The molecule has 1 saturated heterocycles. The van der Waals surface area contributed by atoms with Crippen molar-refractivity contribution in [2.75, 3.05) is 49.1 Å². The second-order valence-corrected chi connectivity index (χ2v) is 9.58. The number of nitrogens with zero attached hydrogens (tertiary/aromatic N) is 5. The van der Waals surface area contributed by atoms with Crippen molar-refractivity contribution in [3.05, 3.63) is 57.9 Å². The molecule has 1 aliphatic heterocycles. The summed E-state index contributed by atoms with van der Waals surface area (Å²) in [4.78, 5) is 35.3. The van der Waals surface area contributed by atoms with Gasteiger partial charge in [0, 0.05) is 37.8 Å². The van der Waals surface area contributed by atoms with Gasteiger partial charge < -0.3 is 9.80 Å². The van der Waals surface area contributed by atoms with Crippen molar-refractivity contribution in [3.63, 3.8) is 0 Å². The molecule has 1 aliphatic rings. The minimum atomic E-state index is -0.442. The molecule has 0 saturated carbocycles. The number of likely N-dealkylation sites (N-methyl/N-ethyl adjacent to an activating group) is 1. The van der Waals surface area contributed by atoms with Crippen LogP contribution < -0.4 is 9.80 Å². The Morgan fingerprint density at radius 1 is 1.14 bits per heavy atom. The van der Waals surface area contributed by atoms with Crippen molar-refractivity contribution in [3.8, 4) is 0 Å². The Bertz CT molecular complexity index is 1210. The predicted molar refractivity (Wildman–Crippen MR) is 138 cm³/mol. The summed E-state index contributed by atoms with van der Waals surface area (Å²) in [6.45, 7) is 8.21. The lowest BCUT2D eigenvalue weighted by molar-refractivity contribution is -0.384. The van der Waals surface area contributed by atoms with E-state index in [0.29, 0.717) is 28.6 Å². The number of carbonyl (C=O) groups is 1. The minimum absolute atomic E-state index is 0.0724. The number of hydrogen-bond acceptors (Lipinski definition) is 7. The van der Waals surface area contributed by atoms with Crippen LogP contribution >= 0.6 is 11.3 Å². The molecule has 4 rings (SSSR count). The molecule has 3 aromatic rings. The minimum Gasteiger partial charge on any atom is -0.366 e. The van der Waals surface area contributed by atoms with E-state index in [-0.39, 0.29) is 22.7 Å². The van der Waals surface area contributed by atoms with Gasteiger partial charge in [0.05, 0.1) is 9.62 Å². The summed E-state index contributed by atoms with van der Waals surface area (Å²) in [7, 11) is 0. The van der Waals surface area contributed by atoms with Gasteiger partial charge in [-0.15, -0.1) is 0 Å². The van der Waals surface area contributed by atoms with Crippen LogP contribution in [0.3, 0.4) is 0 Å². The molecule has 10 heteroatoms. The van der Waals surface area contributed by atoms with Crippen LogP contribution in [-0.4, -0.2) is 60.0 Å². The first kappa shape index (κ1) is 25.0. The standard InChI is InChI=1S/C25H30FN5O3S/c1-3-28(4-2)15-16-30(25-27-23-19(26)9-8-10-22(23)35-25)24(32)18-11-12-20(21(17-18)31(33)34)29-13-6-5-7-14-29/h8-12,17H,3-7,13-16H2,1-2H3. The number of anilines is 2. The van der Waals surface area contributed by atoms with Crippen LogP contribution in [0.2, 0.25) is 0 Å². The lowest BCUT2D eigenvalue weighted by atomic mass is 10.1. The van der Waals surface area contributed by atoms with Crippen LogP contribution in [0.4, 0.5) is 20.9 Å². The van der Waals surface area contributed by atoms with Gasteiger partial charge in [-0.1, -0.05) is 31.3 Å². The highest BCUT2D eigenvalue weighted by atomic mass is 32.1. The number of fused-ring (bicyclic) bond motifs is 1. The predicted octanol–water partition coefficient (Wildman–Crippen LogP) is 5.32. The van der Waals surface area contributed by atoms with Crippen molar-refractivity contribution in [2.24, 2.45) is 0 Å². The number of nitro groups is 1.